The first kappa shape index (κ1) is 14.3. The lowest BCUT2D eigenvalue weighted by Crippen LogP contribution is -2.39. The minimum atomic E-state index is 0.125. The van der Waals surface area contributed by atoms with Crippen LogP contribution in [0, 0.1) is 0 Å². The van der Waals surface area contributed by atoms with Crippen molar-refractivity contribution in [3.05, 3.63) is 0 Å². The van der Waals surface area contributed by atoms with E-state index in [0.29, 0.717) is 4.75 Å². The molecule has 3 rings (SSSR count). The van der Waals surface area contributed by atoms with Gasteiger partial charge in [-0.05, 0) is 13.8 Å². The molecule has 2 nitrogen and oxygen atoms in total. The maximum Gasteiger partial charge on any atom is 0.134 e. The van der Waals surface area contributed by atoms with Crippen molar-refractivity contribution < 1.29 is 9.47 Å². The molecule has 0 radical (unpaired) electrons. The predicted octanol–water partition coefficient (Wildman–Crippen LogP) is 3.16. The summed E-state index contributed by atoms with van der Waals surface area (Å²) in [6.45, 7) is 6.29. The second-order valence-electron chi connectivity index (χ2n) is 5.51. The van der Waals surface area contributed by atoms with Crippen LogP contribution in [0.25, 0.3) is 0 Å². The number of rotatable bonds is 6. The van der Waals surface area contributed by atoms with Crippen LogP contribution in [0.1, 0.15) is 13.8 Å². The van der Waals surface area contributed by atoms with Crippen LogP contribution < -0.4 is 0 Å². The lowest BCUT2D eigenvalue weighted by Gasteiger charge is -2.36. The van der Waals surface area contributed by atoms with Crippen LogP contribution in [-0.2, 0) is 9.47 Å². The van der Waals surface area contributed by atoms with Crippen molar-refractivity contribution in [2.75, 3.05) is 42.0 Å². The van der Waals surface area contributed by atoms with Gasteiger partial charge in [-0.3, -0.25) is 0 Å². The fourth-order valence-corrected chi connectivity index (χ4v) is 7.71. The highest BCUT2D eigenvalue weighted by Gasteiger charge is 2.46. The third kappa shape index (κ3) is 3.70. The third-order valence-corrected chi connectivity index (χ3v) is 9.98. The number of thioether (sulfide) groups is 4. The van der Waals surface area contributed by atoms with Crippen molar-refractivity contribution in [2.45, 2.75) is 28.5 Å². The Hall–Kier alpha value is 1.32. The van der Waals surface area contributed by atoms with Gasteiger partial charge in [0.1, 0.15) is 9.87 Å². The van der Waals surface area contributed by atoms with Crippen LogP contribution in [0.15, 0.2) is 0 Å². The van der Waals surface area contributed by atoms with E-state index < -0.39 is 0 Å². The Morgan fingerprint density at radius 1 is 1.00 bits per heavy atom. The Morgan fingerprint density at radius 3 is 1.94 bits per heavy atom. The molecule has 0 aromatic carbocycles. The van der Waals surface area contributed by atoms with Crippen molar-refractivity contribution in [3.63, 3.8) is 0 Å². The van der Waals surface area contributed by atoms with Crippen LogP contribution in [0.4, 0.5) is 0 Å². The lowest BCUT2D eigenvalue weighted by molar-refractivity contribution is 0.401. The fourth-order valence-electron chi connectivity index (χ4n) is 1.76. The molecular weight excluding hydrogens is 304 g/mol. The fraction of sp³-hybridized carbons (Fsp3) is 1.00. The van der Waals surface area contributed by atoms with Crippen LogP contribution in [-0.4, -0.2) is 56.6 Å². The summed E-state index contributed by atoms with van der Waals surface area (Å²) in [5, 5.41) is 0. The molecule has 0 aromatic rings. The quantitative estimate of drug-likeness (QED) is 0.696. The van der Waals surface area contributed by atoms with Crippen LogP contribution >= 0.6 is 47.0 Å². The standard InChI is InChI=1S/C12H20O2S4/c1-10(5-13-10)17-8-12(7-15-3-4-16-12)9-18-11(2)6-14-11/h3-9H2,1-2H3. The average molecular weight is 325 g/mol. The van der Waals surface area contributed by atoms with Crippen molar-refractivity contribution >= 4 is 47.0 Å². The van der Waals surface area contributed by atoms with Gasteiger partial charge in [-0.2, -0.15) is 23.5 Å². The van der Waals surface area contributed by atoms with Crippen molar-refractivity contribution in [1.29, 1.82) is 0 Å². The summed E-state index contributed by atoms with van der Waals surface area (Å²) >= 11 is 8.31. The first-order chi connectivity index (χ1) is 8.54. The van der Waals surface area contributed by atoms with E-state index in [1.54, 1.807) is 0 Å². The van der Waals surface area contributed by atoms with Crippen molar-refractivity contribution in [3.8, 4) is 0 Å². The van der Waals surface area contributed by atoms with Crippen molar-refractivity contribution in [2.24, 2.45) is 0 Å². The Balaban J connectivity index is 1.55. The molecule has 18 heavy (non-hydrogen) atoms. The largest absolute Gasteiger partial charge is 0.358 e. The Labute approximate surface area is 126 Å². The normalized spacial score (nSPS) is 47.0. The van der Waals surface area contributed by atoms with Crippen LogP contribution in [0.2, 0.25) is 0 Å². The van der Waals surface area contributed by atoms with Gasteiger partial charge >= 0.3 is 0 Å². The molecule has 6 heteroatoms. The zero-order chi connectivity index (χ0) is 12.7. The molecule has 2 atom stereocenters. The third-order valence-electron chi connectivity index (χ3n) is 3.38. The topological polar surface area (TPSA) is 25.1 Å². The molecule has 104 valence electrons. The average Bonchev–Trinajstić information content (AvgIpc) is 3.28. The SMILES string of the molecule is CC1(SCC2(CSC3(C)CO3)CSCCS2)CO1. The van der Waals surface area contributed by atoms with E-state index in [9.17, 15) is 0 Å². The Bertz CT molecular complexity index is 285. The van der Waals surface area contributed by atoms with Gasteiger partial charge < -0.3 is 9.47 Å². The van der Waals surface area contributed by atoms with Gasteiger partial charge in [0.25, 0.3) is 0 Å². The molecule has 0 bridgehead atoms. The molecule has 0 N–H and O–H groups in total. The summed E-state index contributed by atoms with van der Waals surface area (Å²) in [6, 6.07) is 0. The maximum atomic E-state index is 5.51. The molecule has 0 spiro atoms. The number of ether oxygens (including phenoxy) is 2. The van der Waals surface area contributed by atoms with E-state index in [1.807, 2.05) is 23.5 Å². The van der Waals surface area contributed by atoms with E-state index in [0.717, 1.165) is 13.2 Å². The van der Waals surface area contributed by atoms with Gasteiger partial charge in [0.2, 0.25) is 0 Å². The second-order valence-corrected chi connectivity index (χ2v) is 11.1. The summed E-state index contributed by atoms with van der Waals surface area (Å²) < 4.78 is 11.4. The highest BCUT2D eigenvalue weighted by molar-refractivity contribution is 8.10. The molecule has 0 saturated carbocycles. The number of epoxide rings is 2. The minimum absolute atomic E-state index is 0.125. The molecule has 3 saturated heterocycles. The monoisotopic (exact) mass is 324 g/mol. The van der Waals surface area contributed by atoms with E-state index in [-0.39, 0.29) is 9.87 Å². The van der Waals surface area contributed by atoms with Crippen LogP contribution in [0.5, 0.6) is 0 Å². The Morgan fingerprint density at radius 2 is 1.56 bits per heavy atom. The zero-order valence-electron chi connectivity index (χ0n) is 10.9. The summed E-state index contributed by atoms with van der Waals surface area (Å²) in [5.74, 6) is 6.31. The molecule has 3 aliphatic rings. The van der Waals surface area contributed by atoms with E-state index in [1.165, 1.54) is 28.8 Å². The molecule has 0 aromatic heterocycles. The van der Waals surface area contributed by atoms with Gasteiger partial charge in [0.15, 0.2) is 0 Å². The molecule has 3 aliphatic heterocycles. The zero-order valence-corrected chi connectivity index (χ0v) is 14.2. The second kappa shape index (κ2) is 5.26. The maximum absolute atomic E-state index is 5.51. The molecule has 0 amide bonds. The van der Waals surface area contributed by atoms with Gasteiger partial charge in [-0.15, -0.1) is 23.5 Å². The highest BCUT2D eigenvalue weighted by atomic mass is 32.2. The van der Waals surface area contributed by atoms with Crippen LogP contribution in [0.3, 0.4) is 0 Å². The summed E-state index contributed by atoms with van der Waals surface area (Å²) in [6.07, 6.45) is 0. The summed E-state index contributed by atoms with van der Waals surface area (Å²) in [7, 11) is 0. The number of hydrogen-bond acceptors (Lipinski definition) is 6. The first-order valence-corrected chi connectivity index (χ1v) is 10.4. The first-order valence-electron chi connectivity index (χ1n) is 6.31. The van der Waals surface area contributed by atoms with Gasteiger partial charge in [0.05, 0.1) is 13.2 Å². The summed E-state index contributed by atoms with van der Waals surface area (Å²) in [4.78, 5) is 0.251. The lowest BCUT2D eigenvalue weighted by atomic mass is 10.2. The molecule has 0 aliphatic carbocycles. The highest BCUT2D eigenvalue weighted by Crippen LogP contribution is 2.49. The van der Waals surface area contributed by atoms with E-state index >= 15 is 0 Å². The molecule has 2 unspecified atom stereocenters. The van der Waals surface area contributed by atoms with Crippen molar-refractivity contribution in [1.82, 2.24) is 0 Å². The predicted molar refractivity (Wildman–Crippen MR) is 86.1 cm³/mol. The summed E-state index contributed by atoms with van der Waals surface area (Å²) in [5.41, 5.74) is 0. The molecule has 3 heterocycles. The van der Waals surface area contributed by atoms with E-state index in [2.05, 4.69) is 37.4 Å². The number of hydrogen-bond donors (Lipinski definition) is 0. The molecular formula is C12H20O2S4. The minimum Gasteiger partial charge on any atom is -0.358 e. The Kier molecular flexibility index (Phi) is 4.17. The smallest absolute Gasteiger partial charge is 0.134 e. The van der Waals surface area contributed by atoms with Gasteiger partial charge in [-0.1, -0.05) is 0 Å². The van der Waals surface area contributed by atoms with Gasteiger partial charge in [-0.25, -0.2) is 0 Å². The van der Waals surface area contributed by atoms with E-state index in [4.69, 9.17) is 9.47 Å². The van der Waals surface area contributed by atoms with Gasteiger partial charge in [0, 0.05) is 33.5 Å². The molecule has 3 fully saturated rings.